The van der Waals surface area contributed by atoms with Gasteiger partial charge in [0, 0.05) is 11.1 Å². The SMILES string of the molecule is [Br][Mg][Br].c1ccc2c(c1)[N]c1ccccc1-2. The van der Waals surface area contributed by atoms with Crippen LogP contribution in [-0.4, -0.2) is 16.0 Å². The third-order valence-corrected chi connectivity index (χ3v) is 2.34. The Hall–Kier alpha value is -0.0338. The van der Waals surface area contributed by atoms with Crippen LogP contribution >= 0.6 is 25.8 Å². The lowest BCUT2D eigenvalue weighted by molar-refractivity contribution is 1.24. The maximum absolute atomic E-state index is 4.52. The van der Waals surface area contributed by atoms with E-state index < -0.39 is 0 Å². The van der Waals surface area contributed by atoms with Gasteiger partial charge in [0.05, 0.1) is 11.4 Å². The second-order valence-electron chi connectivity index (χ2n) is 3.25. The molecule has 0 saturated carbocycles. The first kappa shape index (κ1) is 12.4. The van der Waals surface area contributed by atoms with E-state index in [0.717, 1.165) is 11.4 Å². The summed E-state index contributed by atoms with van der Waals surface area (Å²) in [6.45, 7) is 0. The van der Waals surface area contributed by atoms with Crippen molar-refractivity contribution in [3.63, 3.8) is 0 Å². The van der Waals surface area contributed by atoms with E-state index in [9.17, 15) is 0 Å². The number of halogens is 2. The lowest BCUT2D eigenvalue weighted by Crippen LogP contribution is -1.79. The molecule has 1 nitrogen and oxygen atoms in total. The van der Waals surface area contributed by atoms with Gasteiger partial charge in [0.1, 0.15) is 0 Å². The molecular formula is C12H8Br2MgN. The Morgan fingerprint density at radius 3 is 1.56 bits per heavy atom. The van der Waals surface area contributed by atoms with Crippen LogP contribution in [0.3, 0.4) is 0 Å². The van der Waals surface area contributed by atoms with E-state index in [1.54, 1.807) is 0 Å². The molecule has 77 valence electrons. The monoisotopic (exact) mass is 348 g/mol. The summed E-state index contributed by atoms with van der Waals surface area (Å²) in [5.41, 5.74) is 4.67. The predicted octanol–water partition coefficient (Wildman–Crippen LogP) is 4.55. The van der Waals surface area contributed by atoms with Crippen LogP contribution in [0.25, 0.3) is 11.1 Å². The third kappa shape index (κ3) is 2.61. The Bertz CT molecular complexity index is 444. The van der Waals surface area contributed by atoms with Crippen LogP contribution in [0.2, 0.25) is 0 Å². The molecule has 0 aliphatic carbocycles. The fraction of sp³-hybridized carbons (Fsp3) is 0. The van der Waals surface area contributed by atoms with Crippen LogP contribution in [0.5, 0.6) is 0 Å². The fourth-order valence-corrected chi connectivity index (χ4v) is 1.73. The van der Waals surface area contributed by atoms with Gasteiger partial charge in [-0.25, -0.2) is 5.32 Å². The van der Waals surface area contributed by atoms with Crippen LogP contribution in [-0.2, 0) is 0 Å². The van der Waals surface area contributed by atoms with Gasteiger partial charge in [-0.05, 0) is 12.1 Å². The van der Waals surface area contributed by atoms with Gasteiger partial charge in [-0.3, -0.25) is 25.8 Å². The zero-order valence-corrected chi connectivity index (χ0v) is 13.1. The highest BCUT2D eigenvalue weighted by molar-refractivity contribution is 9.47. The van der Waals surface area contributed by atoms with E-state index in [1.165, 1.54) is 11.1 Å². The maximum Gasteiger partial charge on any atom is 0.560 e. The van der Waals surface area contributed by atoms with Crippen molar-refractivity contribution in [2.45, 2.75) is 0 Å². The minimum atomic E-state index is 0.0417. The summed E-state index contributed by atoms with van der Waals surface area (Å²) in [5, 5.41) is 4.52. The third-order valence-electron chi connectivity index (χ3n) is 2.34. The number of rotatable bonds is 0. The number of para-hydroxylation sites is 2. The zero-order chi connectivity index (χ0) is 11.4. The average molecular weight is 350 g/mol. The molecule has 0 spiro atoms. The first-order valence-electron chi connectivity index (χ1n) is 4.89. The van der Waals surface area contributed by atoms with Gasteiger partial charge in [-0.2, -0.15) is 0 Å². The molecule has 1 radical (unpaired) electrons. The smallest absolute Gasteiger partial charge is 0.280 e. The quantitative estimate of drug-likeness (QED) is 0.529. The molecule has 4 heteroatoms. The van der Waals surface area contributed by atoms with Gasteiger partial charge in [0.2, 0.25) is 0 Å². The van der Waals surface area contributed by atoms with Gasteiger partial charge in [-0.15, -0.1) is 0 Å². The van der Waals surface area contributed by atoms with E-state index in [1.807, 2.05) is 12.1 Å². The predicted molar refractivity (Wildman–Crippen MR) is 76.9 cm³/mol. The van der Waals surface area contributed by atoms with Gasteiger partial charge in [-0.1, -0.05) is 36.4 Å². The van der Waals surface area contributed by atoms with Crippen molar-refractivity contribution >= 4 is 53.2 Å². The topological polar surface area (TPSA) is 14.1 Å². The summed E-state index contributed by atoms with van der Waals surface area (Å²) in [5.74, 6) is 0. The Balaban J connectivity index is 0.000000292. The van der Waals surface area contributed by atoms with Crippen molar-refractivity contribution < 1.29 is 0 Å². The van der Waals surface area contributed by atoms with Crippen molar-refractivity contribution in [3.05, 3.63) is 48.5 Å². The molecule has 0 saturated heterocycles. The van der Waals surface area contributed by atoms with Gasteiger partial charge >= 0.3 is 16.0 Å². The van der Waals surface area contributed by atoms with Gasteiger partial charge in [0.25, 0.3) is 0 Å². The van der Waals surface area contributed by atoms with E-state index in [2.05, 4.69) is 67.5 Å². The van der Waals surface area contributed by atoms with Gasteiger partial charge in [0.15, 0.2) is 0 Å². The molecule has 1 heterocycles. The zero-order valence-electron chi connectivity index (χ0n) is 8.53. The molecule has 0 atom stereocenters. The van der Waals surface area contributed by atoms with Crippen LogP contribution in [0.15, 0.2) is 48.5 Å². The summed E-state index contributed by atoms with van der Waals surface area (Å²) in [7, 11) is 0. The van der Waals surface area contributed by atoms with Crippen LogP contribution in [0, 0.1) is 0 Å². The molecule has 2 aromatic rings. The summed E-state index contributed by atoms with van der Waals surface area (Å²) >= 11 is 6.44. The molecule has 0 unspecified atom stereocenters. The largest absolute Gasteiger partial charge is 0.560 e. The second kappa shape index (κ2) is 6.05. The minimum Gasteiger partial charge on any atom is -0.280 e. The minimum absolute atomic E-state index is 0.0417. The highest BCUT2D eigenvalue weighted by Gasteiger charge is 2.17. The lowest BCUT2D eigenvalue weighted by atomic mass is 10.1. The van der Waals surface area contributed by atoms with E-state index in [-0.39, 0.29) is 16.0 Å². The molecule has 0 bridgehead atoms. The lowest BCUT2D eigenvalue weighted by Gasteiger charge is -1.95. The number of benzene rings is 2. The van der Waals surface area contributed by atoms with Crippen LogP contribution < -0.4 is 5.32 Å². The van der Waals surface area contributed by atoms with Gasteiger partial charge < -0.3 is 0 Å². The highest BCUT2D eigenvalue weighted by Crippen LogP contribution is 2.41. The van der Waals surface area contributed by atoms with E-state index in [4.69, 9.17) is 0 Å². The maximum atomic E-state index is 4.52. The molecule has 16 heavy (non-hydrogen) atoms. The summed E-state index contributed by atoms with van der Waals surface area (Å²) in [6.07, 6.45) is 0. The molecule has 0 N–H and O–H groups in total. The van der Waals surface area contributed by atoms with Crippen molar-refractivity contribution in [1.82, 2.24) is 5.32 Å². The first-order chi connectivity index (χ1) is 7.86. The summed E-state index contributed by atoms with van der Waals surface area (Å²) in [6, 6.07) is 16.5. The van der Waals surface area contributed by atoms with Crippen molar-refractivity contribution in [3.8, 4) is 11.1 Å². The number of hydrogen-bond acceptors (Lipinski definition) is 0. The Morgan fingerprint density at radius 1 is 0.750 bits per heavy atom. The molecule has 0 amide bonds. The molecule has 1 aliphatic rings. The Labute approximate surface area is 117 Å². The molecular weight excluding hydrogens is 342 g/mol. The van der Waals surface area contributed by atoms with Crippen molar-refractivity contribution in [2.24, 2.45) is 0 Å². The molecule has 0 fully saturated rings. The molecule has 2 aromatic carbocycles. The number of nitrogens with zero attached hydrogens (tertiary/aromatic N) is 1. The standard InChI is InChI=1S/C12H8N.2BrH.Mg/c1-3-7-11-9(5-1)10-6-2-4-8-12(10)13-11;;;/h1-8H;2*1H;/q;;;+2/p-2. The number of fused-ring (bicyclic) bond motifs is 3. The van der Waals surface area contributed by atoms with Crippen molar-refractivity contribution in [1.29, 1.82) is 0 Å². The van der Waals surface area contributed by atoms with E-state index >= 15 is 0 Å². The summed E-state index contributed by atoms with van der Waals surface area (Å²) < 4.78 is 0. The fourth-order valence-electron chi connectivity index (χ4n) is 1.73. The average Bonchev–Trinajstić information content (AvgIpc) is 2.68. The molecule has 1 aliphatic heterocycles. The number of hydrogen-bond donors (Lipinski definition) is 0. The Kier molecular flexibility index (Phi) is 4.70. The van der Waals surface area contributed by atoms with E-state index in [0.29, 0.717) is 0 Å². The highest BCUT2D eigenvalue weighted by atomic mass is 79.9. The molecule has 0 aromatic heterocycles. The normalized spacial score (nSPS) is 10.1. The van der Waals surface area contributed by atoms with Crippen molar-refractivity contribution in [2.75, 3.05) is 0 Å². The first-order valence-corrected chi connectivity index (χ1v) is 12.7. The molecule has 3 rings (SSSR count). The van der Waals surface area contributed by atoms with Crippen LogP contribution in [0.1, 0.15) is 0 Å². The summed E-state index contributed by atoms with van der Waals surface area (Å²) in [4.78, 5) is 0. The van der Waals surface area contributed by atoms with Crippen LogP contribution in [0.4, 0.5) is 11.4 Å². The Morgan fingerprint density at radius 2 is 1.12 bits per heavy atom. The second-order valence-corrected chi connectivity index (χ2v) is 11.3.